The van der Waals surface area contributed by atoms with Gasteiger partial charge in [0.05, 0.1) is 12.9 Å². The molecular formula is C21H24N2O3S. The summed E-state index contributed by atoms with van der Waals surface area (Å²) in [6.45, 7) is 5.63. The Bertz CT molecular complexity index is 843. The van der Waals surface area contributed by atoms with Gasteiger partial charge in [0.1, 0.15) is 11.1 Å². The Kier molecular flexibility index (Phi) is 5.46. The van der Waals surface area contributed by atoms with E-state index in [9.17, 15) is 9.59 Å². The molecule has 0 aliphatic carbocycles. The second-order valence-corrected chi connectivity index (χ2v) is 8.52. The van der Waals surface area contributed by atoms with Gasteiger partial charge in [-0.15, -0.1) is 11.8 Å². The van der Waals surface area contributed by atoms with E-state index >= 15 is 0 Å². The number of hydrogen-bond acceptors (Lipinski definition) is 4. The van der Waals surface area contributed by atoms with Crippen LogP contribution in [0.25, 0.3) is 0 Å². The molecule has 0 aromatic heterocycles. The first-order valence-electron chi connectivity index (χ1n) is 8.79. The molecule has 1 aliphatic heterocycles. The minimum Gasteiger partial charge on any atom is -0.497 e. The second kappa shape index (κ2) is 7.64. The largest absolute Gasteiger partial charge is 0.497 e. The number of carbonyl (C=O) groups excluding carboxylic acids is 2. The van der Waals surface area contributed by atoms with Gasteiger partial charge in [-0.25, -0.2) is 0 Å². The van der Waals surface area contributed by atoms with Crippen LogP contribution in [-0.2, 0) is 9.59 Å². The van der Waals surface area contributed by atoms with Gasteiger partial charge in [0.2, 0.25) is 11.8 Å². The van der Waals surface area contributed by atoms with Crippen molar-refractivity contribution in [3.8, 4) is 5.75 Å². The number of anilines is 2. The highest BCUT2D eigenvalue weighted by atomic mass is 32.2. The van der Waals surface area contributed by atoms with Crippen LogP contribution in [0.4, 0.5) is 11.4 Å². The van der Waals surface area contributed by atoms with Crippen molar-refractivity contribution in [3.05, 3.63) is 54.1 Å². The number of thioether (sulfide) groups is 1. The van der Waals surface area contributed by atoms with E-state index < -0.39 is 5.41 Å². The molecule has 1 fully saturated rings. The Balaban J connectivity index is 1.86. The van der Waals surface area contributed by atoms with Gasteiger partial charge in [-0.2, -0.15) is 0 Å². The van der Waals surface area contributed by atoms with Gasteiger partial charge in [-0.05, 0) is 42.0 Å². The average molecular weight is 385 g/mol. The Morgan fingerprint density at radius 3 is 2.52 bits per heavy atom. The molecule has 0 radical (unpaired) electrons. The van der Waals surface area contributed by atoms with Crippen molar-refractivity contribution >= 4 is 35.0 Å². The summed E-state index contributed by atoms with van der Waals surface area (Å²) >= 11 is 1.58. The number of benzene rings is 2. The van der Waals surface area contributed by atoms with E-state index in [4.69, 9.17) is 4.74 Å². The standard InChI is InChI=1S/C21H24N2O3S/c1-21(2,3)20(25)22-15-7-5-6-14(12-15)19-23(18(24)13-27-19)16-8-10-17(26-4)11-9-16/h5-12,19H,13H2,1-4H3,(H,22,25). The Hall–Kier alpha value is -2.47. The fourth-order valence-corrected chi connectivity index (χ4v) is 3.95. The zero-order valence-electron chi connectivity index (χ0n) is 16.0. The van der Waals surface area contributed by atoms with Crippen LogP contribution in [0.1, 0.15) is 31.7 Å². The van der Waals surface area contributed by atoms with Crippen LogP contribution in [0.2, 0.25) is 0 Å². The molecule has 1 N–H and O–H groups in total. The molecule has 1 heterocycles. The minimum atomic E-state index is -0.469. The van der Waals surface area contributed by atoms with E-state index in [1.54, 1.807) is 23.8 Å². The summed E-state index contributed by atoms with van der Waals surface area (Å²) in [6.07, 6.45) is 0. The van der Waals surface area contributed by atoms with Crippen LogP contribution in [0, 0.1) is 5.41 Å². The van der Waals surface area contributed by atoms with Crippen LogP contribution in [0.15, 0.2) is 48.5 Å². The number of nitrogens with one attached hydrogen (secondary N) is 1. The summed E-state index contributed by atoms with van der Waals surface area (Å²) in [6, 6.07) is 15.2. The van der Waals surface area contributed by atoms with Crippen LogP contribution in [-0.4, -0.2) is 24.7 Å². The summed E-state index contributed by atoms with van der Waals surface area (Å²) in [5.41, 5.74) is 2.08. The predicted octanol–water partition coefficient (Wildman–Crippen LogP) is 4.46. The molecule has 5 nitrogen and oxygen atoms in total. The van der Waals surface area contributed by atoms with Crippen molar-refractivity contribution in [2.75, 3.05) is 23.1 Å². The zero-order chi connectivity index (χ0) is 19.6. The normalized spacial score (nSPS) is 17.1. The molecule has 3 rings (SSSR count). The lowest BCUT2D eigenvalue weighted by Gasteiger charge is -2.25. The van der Waals surface area contributed by atoms with E-state index in [0.29, 0.717) is 5.75 Å². The first kappa shape index (κ1) is 19.3. The minimum absolute atomic E-state index is 0.0400. The number of hydrogen-bond donors (Lipinski definition) is 1. The Morgan fingerprint density at radius 2 is 1.89 bits per heavy atom. The maximum atomic E-state index is 12.5. The fraction of sp³-hybridized carbons (Fsp3) is 0.333. The lowest BCUT2D eigenvalue weighted by Crippen LogP contribution is -2.28. The van der Waals surface area contributed by atoms with Gasteiger partial charge in [0.25, 0.3) is 0 Å². The SMILES string of the molecule is COc1ccc(N2C(=O)CSC2c2cccc(NC(=O)C(C)(C)C)c2)cc1. The highest BCUT2D eigenvalue weighted by molar-refractivity contribution is 8.00. The van der Waals surface area contributed by atoms with Gasteiger partial charge in [-0.1, -0.05) is 32.9 Å². The smallest absolute Gasteiger partial charge is 0.238 e. The molecule has 0 bridgehead atoms. The van der Waals surface area contributed by atoms with Crippen LogP contribution in [0.3, 0.4) is 0 Å². The molecule has 2 amide bonds. The third kappa shape index (κ3) is 4.27. The number of methoxy groups -OCH3 is 1. The lowest BCUT2D eigenvalue weighted by molar-refractivity contribution is -0.123. The predicted molar refractivity (Wildman–Crippen MR) is 110 cm³/mol. The second-order valence-electron chi connectivity index (χ2n) is 7.45. The average Bonchev–Trinajstić information content (AvgIpc) is 3.03. The molecule has 0 saturated carbocycles. The molecule has 1 aliphatic rings. The maximum absolute atomic E-state index is 12.5. The third-order valence-electron chi connectivity index (χ3n) is 4.33. The molecule has 27 heavy (non-hydrogen) atoms. The van der Waals surface area contributed by atoms with Crippen molar-refractivity contribution in [3.63, 3.8) is 0 Å². The molecule has 142 valence electrons. The monoisotopic (exact) mass is 384 g/mol. The van der Waals surface area contributed by atoms with Crippen molar-refractivity contribution in [1.82, 2.24) is 0 Å². The van der Waals surface area contributed by atoms with Crippen LogP contribution >= 0.6 is 11.8 Å². The van der Waals surface area contributed by atoms with Gasteiger partial charge in [0, 0.05) is 16.8 Å². The molecule has 6 heteroatoms. The van der Waals surface area contributed by atoms with Crippen LogP contribution < -0.4 is 15.0 Å². The summed E-state index contributed by atoms with van der Waals surface area (Å²) in [4.78, 5) is 26.6. The van der Waals surface area contributed by atoms with Gasteiger partial charge >= 0.3 is 0 Å². The first-order chi connectivity index (χ1) is 12.8. The van der Waals surface area contributed by atoms with E-state index in [1.807, 2.05) is 69.3 Å². The molecular weight excluding hydrogens is 360 g/mol. The van der Waals surface area contributed by atoms with Crippen molar-refractivity contribution in [2.24, 2.45) is 5.41 Å². The zero-order valence-corrected chi connectivity index (χ0v) is 16.8. The van der Waals surface area contributed by atoms with Gasteiger partial charge in [-0.3, -0.25) is 14.5 Å². The van der Waals surface area contributed by atoms with Gasteiger partial charge < -0.3 is 10.1 Å². The highest BCUT2D eigenvalue weighted by Gasteiger charge is 2.34. The summed E-state index contributed by atoms with van der Waals surface area (Å²) in [5.74, 6) is 1.21. The summed E-state index contributed by atoms with van der Waals surface area (Å²) < 4.78 is 5.20. The Morgan fingerprint density at radius 1 is 1.19 bits per heavy atom. The van der Waals surface area contributed by atoms with E-state index in [2.05, 4.69) is 5.32 Å². The molecule has 1 saturated heterocycles. The van der Waals surface area contributed by atoms with Crippen LogP contribution in [0.5, 0.6) is 5.75 Å². The molecule has 2 aromatic carbocycles. The topological polar surface area (TPSA) is 58.6 Å². The fourth-order valence-electron chi connectivity index (χ4n) is 2.78. The number of nitrogens with zero attached hydrogens (tertiary/aromatic N) is 1. The molecule has 1 unspecified atom stereocenters. The van der Waals surface area contributed by atoms with E-state index in [-0.39, 0.29) is 17.2 Å². The molecule has 0 spiro atoms. The molecule has 1 atom stereocenters. The highest BCUT2D eigenvalue weighted by Crippen LogP contribution is 2.42. The van der Waals surface area contributed by atoms with E-state index in [0.717, 1.165) is 22.7 Å². The van der Waals surface area contributed by atoms with E-state index in [1.165, 1.54) is 0 Å². The van der Waals surface area contributed by atoms with Crippen molar-refractivity contribution in [1.29, 1.82) is 0 Å². The maximum Gasteiger partial charge on any atom is 0.238 e. The van der Waals surface area contributed by atoms with Crippen molar-refractivity contribution in [2.45, 2.75) is 26.1 Å². The number of ether oxygens (including phenoxy) is 1. The first-order valence-corrected chi connectivity index (χ1v) is 9.83. The summed E-state index contributed by atoms with van der Waals surface area (Å²) in [7, 11) is 1.62. The quantitative estimate of drug-likeness (QED) is 0.846. The summed E-state index contributed by atoms with van der Waals surface area (Å²) in [5, 5.41) is 2.83. The number of amides is 2. The van der Waals surface area contributed by atoms with Crippen molar-refractivity contribution < 1.29 is 14.3 Å². The number of rotatable bonds is 4. The van der Waals surface area contributed by atoms with Gasteiger partial charge in [0.15, 0.2) is 0 Å². The Labute approximate surface area is 164 Å². The number of carbonyl (C=O) groups is 2. The molecule has 2 aromatic rings. The third-order valence-corrected chi connectivity index (χ3v) is 5.54. The lowest BCUT2D eigenvalue weighted by atomic mass is 9.95.